The summed E-state index contributed by atoms with van der Waals surface area (Å²) in [6.07, 6.45) is -5.85. The number of hydrogen-bond acceptors (Lipinski definition) is 2. The highest BCUT2D eigenvalue weighted by atomic mass is 19.4. The topological polar surface area (TPSA) is 63.3 Å². The Morgan fingerprint density at radius 3 is 1.91 bits per heavy atom. The Morgan fingerprint density at radius 1 is 0.955 bits per heavy atom. The second kappa shape index (κ2) is 5.81. The molecule has 0 fully saturated rings. The van der Waals surface area contributed by atoms with Crippen LogP contribution in [-0.2, 0) is 11.2 Å². The largest absolute Gasteiger partial charge is 0.480 e. The van der Waals surface area contributed by atoms with E-state index in [1.54, 1.807) is 12.1 Å². The van der Waals surface area contributed by atoms with Crippen molar-refractivity contribution in [1.82, 2.24) is 0 Å². The lowest BCUT2D eigenvalue weighted by molar-refractivity contribution is -0.201. The lowest BCUT2D eigenvalue weighted by Gasteiger charge is -2.27. The Morgan fingerprint density at radius 2 is 1.45 bits per heavy atom. The summed E-state index contributed by atoms with van der Waals surface area (Å²) in [5.41, 5.74) is 3.74. The summed E-state index contributed by atoms with van der Waals surface area (Å²) in [6.45, 7) is 0. The van der Waals surface area contributed by atoms with Crippen molar-refractivity contribution >= 4 is 5.97 Å². The van der Waals surface area contributed by atoms with Crippen molar-refractivity contribution in [2.75, 3.05) is 0 Å². The summed E-state index contributed by atoms with van der Waals surface area (Å²) in [4.78, 5) is 10.9. The molecule has 0 aliphatic carbocycles. The molecule has 0 amide bonds. The molecule has 2 aromatic carbocycles. The molecule has 0 aromatic heterocycles. The average molecular weight is 309 g/mol. The standard InChI is InChI=1S/C16H14F3NO2/c17-16(18,19)15(20,14(21)22)10-11-6-8-13(9-7-11)12-4-2-1-3-5-12/h1-9H,10,20H2,(H,21,22). The maximum absolute atomic E-state index is 12.9. The number of rotatable bonds is 4. The van der Waals surface area contributed by atoms with E-state index in [9.17, 15) is 18.0 Å². The zero-order valence-corrected chi connectivity index (χ0v) is 11.5. The quantitative estimate of drug-likeness (QED) is 0.911. The number of aliphatic carboxylic acids is 1. The second-order valence-corrected chi connectivity index (χ2v) is 5.01. The molecule has 0 bridgehead atoms. The molecule has 3 nitrogen and oxygen atoms in total. The van der Waals surface area contributed by atoms with Gasteiger partial charge in [-0.3, -0.25) is 0 Å². The molecule has 3 N–H and O–H groups in total. The van der Waals surface area contributed by atoms with Crippen molar-refractivity contribution in [3.63, 3.8) is 0 Å². The molecule has 6 heteroatoms. The van der Waals surface area contributed by atoms with E-state index in [-0.39, 0.29) is 5.56 Å². The lowest BCUT2D eigenvalue weighted by Crippen LogP contribution is -2.61. The van der Waals surface area contributed by atoms with E-state index in [1.165, 1.54) is 12.1 Å². The number of nitrogens with two attached hydrogens (primary N) is 1. The van der Waals surface area contributed by atoms with Crippen LogP contribution in [0, 0.1) is 0 Å². The maximum atomic E-state index is 12.9. The number of benzene rings is 2. The first-order valence-corrected chi connectivity index (χ1v) is 6.47. The van der Waals surface area contributed by atoms with Crippen molar-refractivity contribution in [2.45, 2.75) is 18.1 Å². The molecule has 1 atom stereocenters. The highest BCUT2D eigenvalue weighted by Gasteiger charge is 2.58. The van der Waals surface area contributed by atoms with E-state index in [2.05, 4.69) is 0 Å². The van der Waals surface area contributed by atoms with Gasteiger partial charge in [0.05, 0.1) is 0 Å². The van der Waals surface area contributed by atoms with Gasteiger partial charge in [0.25, 0.3) is 0 Å². The van der Waals surface area contributed by atoms with Gasteiger partial charge < -0.3 is 10.8 Å². The van der Waals surface area contributed by atoms with Crippen LogP contribution >= 0.6 is 0 Å². The summed E-state index contributed by atoms with van der Waals surface area (Å²) in [5.74, 6) is -2.09. The van der Waals surface area contributed by atoms with Gasteiger partial charge in [-0.15, -0.1) is 0 Å². The van der Waals surface area contributed by atoms with Crippen LogP contribution in [0.3, 0.4) is 0 Å². The Kier molecular flexibility index (Phi) is 4.23. The number of alkyl halides is 3. The minimum atomic E-state index is -5.03. The molecule has 0 spiro atoms. The highest BCUT2D eigenvalue weighted by molar-refractivity contribution is 5.80. The van der Waals surface area contributed by atoms with Gasteiger partial charge in [-0.1, -0.05) is 54.6 Å². The highest BCUT2D eigenvalue weighted by Crippen LogP contribution is 2.32. The zero-order chi connectivity index (χ0) is 16.4. The molecule has 2 rings (SSSR count). The molecule has 0 heterocycles. The van der Waals surface area contributed by atoms with Crippen LogP contribution in [0.15, 0.2) is 54.6 Å². The second-order valence-electron chi connectivity index (χ2n) is 5.01. The fourth-order valence-electron chi connectivity index (χ4n) is 2.06. The fraction of sp³-hybridized carbons (Fsp3) is 0.188. The Hall–Kier alpha value is -2.34. The van der Waals surface area contributed by atoms with Crippen LogP contribution in [0.25, 0.3) is 11.1 Å². The number of carboxylic acid groups (broad SMARTS) is 1. The third-order valence-corrected chi connectivity index (χ3v) is 3.43. The molecule has 0 saturated carbocycles. The fourth-order valence-corrected chi connectivity index (χ4v) is 2.06. The first-order chi connectivity index (χ1) is 10.2. The van der Waals surface area contributed by atoms with Gasteiger partial charge in [0.1, 0.15) is 0 Å². The van der Waals surface area contributed by atoms with Crippen molar-refractivity contribution in [1.29, 1.82) is 0 Å². The Balaban J connectivity index is 2.26. The molecule has 1 unspecified atom stereocenters. The minimum absolute atomic E-state index is 0.210. The molecule has 22 heavy (non-hydrogen) atoms. The molecule has 0 saturated heterocycles. The Bertz CT molecular complexity index is 653. The summed E-state index contributed by atoms with van der Waals surface area (Å²) in [7, 11) is 0. The molecular weight excluding hydrogens is 295 g/mol. The number of carboxylic acids is 1. The Labute approximate surface area is 125 Å². The third-order valence-electron chi connectivity index (χ3n) is 3.43. The minimum Gasteiger partial charge on any atom is -0.480 e. The van der Waals surface area contributed by atoms with E-state index in [1.807, 2.05) is 30.3 Å². The normalized spacial score (nSPS) is 14.4. The van der Waals surface area contributed by atoms with Crippen LogP contribution in [0.2, 0.25) is 0 Å². The van der Waals surface area contributed by atoms with Crippen molar-refractivity contribution in [3.8, 4) is 11.1 Å². The van der Waals surface area contributed by atoms with Gasteiger partial charge in [-0.05, 0) is 16.7 Å². The van der Waals surface area contributed by atoms with Gasteiger partial charge >= 0.3 is 12.1 Å². The van der Waals surface area contributed by atoms with Crippen LogP contribution in [0.4, 0.5) is 13.2 Å². The zero-order valence-electron chi connectivity index (χ0n) is 11.5. The van der Waals surface area contributed by atoms with Crippen LogP contribution < -0.4 is 5.73 Å². The summed E-state index contributed by atoms with van der Waals surface area (Å²) in [6, 6.07) is 15.5. The SMILES string of the molecule is NC(Cc1ccc(-c2ccccc2)cc1)(C(=O)O)C(F)(F)F. The lowest BCUT2D eigenvalue weighted by atomic mass is 9.90. The number of hydrogen-bond donors (Lipinski definition) is 2. The monoisotopic (exact) mass is 309 g/mol. The van der Waals surface area contributed by atoms with E-state index < -0.39 is 24.1 Å². The van der Waals surface area contributed by atoms with Crippen LogP contribution in [-0.4, -0.2) is 22.8 Å². The predicted molar refractivity (Wildman–Crippen MR) is 76.2 cm³/mol. The van der Waals surface area contributed by atoms with Gasteiger partial charge in [0, 0.05) is 6.42 Å². The van der Waals surface area contributed by atoms with Crippen molar-refractivity contribution in [3.05, 3.63) is 60.2 Å². The molecule has 0 aliphatic heterocycles. The summed E-state index contributed by atoms with van der Waals surface area (Å²) >= 11 is 0. The summed E-state index contributed by atoms with van der Waals surface area (Å²) in [5, 5.41) is 8.82. The van der Waals surface area contributed by atoms with Gasteiger partial charge in [-0.2, -0.15) is 13.2 Å². The van der Waals surface area contributed by atoms with E-state index in [0.717, 1.165) is 11.1 Å². The van der Waals surface area contributed by atoms with E-state index in [0.29, 0.717) is 0 Å². The predicted octanol–water partition coefficient (Wildman–Crippen LogP) is 3.24. The average Bonchev–Trinajstić information content (AvgIpc) is 2.47. The molecule has 0 radical (unpaired) electrons. The van der Waals surface area contributed by atoms with Crippen LogP contribution in [0.1, 0.15) is 5.56 Å². The molecule has 2 aromatic rings. The number of carbonyl (C=O) groups is 1. The molecule has 116 valence electrons. The van der Waals surface area contributed by atoms with Crippen molar-refractivity contribution in [2.24, 2.45) is 5.73 Å². The van der Waals surface area contributed by atoms with Gasteiger partial charge in [0.15, 0.2) is 0 Å². The number of halogens is 3. The molecular formula is C16H14F3NO2. The maximum Gasteiger partial charge on any atom is 0.417 e. The summed E-state index contributed by atoms with van der Waals surface area (Å²) < 4.78 is 38.6. The smallest absolute Gasteiger partial charge is 0.417 e. The van der Waals surface area contributed by atoms with Gasteiger partial charge in [-0.25, -0.2) is 4.79 Å². The van der Waals surface area contributed by atoms with Crippen molar-refractivity contribution < 1.29 is 23.1 Å². The first-order valence-electron chi connectivity index (χ1n) is 6.47. The van der Waals surface area contributed by atoms with E-state index >= 15 is 0 Å². The van der Waals surface area contributed by atoms with E-state index in [4.69, 9.17) is 10.8 Å². The van der Waals surface area contributed by atoms with Crippen LogP contribution in [0.5, 0.6) is 0 Å². The molecule has 0 aliphatic rings. The van der Waals surface area contributed by atoms with Gasteiger partial charge in [0.2, 0.25) is 5.54 Å². The third kappa shape index (κ3) is 3.12. The first kappa shape index (κ1) is 16.0.